The van der Waals surface area contributed by atoms with E-state index < -0.39 is 11.4 Å². The molecule has 0 fully saturated rings. The number of rotatable bonds is 9. The number of nitrogens with zero attached hydrogens (tertiary/aromatic N) is 2. The summed E-state index contributed by atoms with van der Waals surface area (Å²) in [6.45, 7) is 4.94. The Balaban J connectivity index is 1.80. The first-order valence-corrected chi connectivity index (χ1v) is 8.89. The van der Waals surface area contributed by atoms with Crippen LogP contribution in [0.15, 0.2) is 29.3 Å². The first-order valence-electron chi connectivity index (χ1n) is 8.89. The smallest absolute Gasteiger partial charge is 0.261 e. The third kappa shape index (κ3) is 5.96. The second-order valence-electron chi connectivity index (χ2n) is 6.79. The third-order valence-electron chi connectivity index (χ3n) is 4.13. The molecule has 1 aromatic carbocycles. The number of unbranched alkanes of at least 4 members (excludes halogenated alkanes) is 3. The molecular weight excluding hydrogens is 321 g/mol. The summed E-state index contributed by atoms with van der Waals surface area (Å²) in [6, 6.07) is 3.86. The maximum absolute atomic E-state index is 13.3. The second-order valence-corrected chi connectivity index (χ2v) is 6.79. The van der Waals surface area contributed by atoms with Gasteiger partial charge in [-0.2, -0.15) is 0 Å². The molecule has 136 valence electrons. The lowest BCUT2D eigenvalue weighted by atomic mass is 10.0. The first kappa shape index (κ1) is 19.1. The van der Waals surface area contributed by atoms with Crippen LogP contribution in [0.4, 0.5) is 4.39 Å². The highest BCUT2D eigenvalue weighted by Gasteiger charge is 2.08. The van der Waals surface area contributed by atoms with E-state index in [1.807, 2.05) is 0 Å². The van der Waals surface area contributed by atoms with Crippen LogP contribution in [0, 0.1) is 11.7 Å². The Morgan fingerprint density at radius 3 is 2.76 bits per heavy atom. The number of aromatic nitrogens is 2. The van der Waals surface area contributed by atoms with Crippen molar-refractivity contribution in [2.75, 3.05) is 6.54 Å². The van der Waals surface area contributed by atoms with Crippen LogP contribution in [0.5, 0.6) is 0 Å². The van der Waals surface area contributed by atoms with Gasteiger partial charge in [0.25, 0.3) is 5.56 Å². The first-order chi connectivity index (χ1) is 12.0. The van der Waals surface area contributed by atoms with E-state index >= 15 is 0 Å². The number of nitrogens with one attached hydrogen (secondary N) is 1. The lowest BCUT2D eigenvalue weighted by molar-refractivity contribution is -0.121. The minimum absolute atomic E-state index is 0.106. The summed E-state index contributed by atoms with van der Waals surface area (Å²) >= 11 is 0. The Morgan fingerprint density at radius 1 is 1.24 bits per heavy atom. The molecule has 0 atom stereocenters. The van der Waals surface area contributed by atoms with Crippen molar-refractivity contribution in [1.29, 1.82) is 0 Å². The fraction of sp³-hybridized carbons (Fsp3) is 0.526. The molecule has 0 saturated heterocycles. The van der Waals surface area contributed by atoms with Crippen LogP contribution in [0.2, 0.25) is 0 Å². The van der Waals surface area contributed by atoms with Gasteiger partial charge in [-0.1, -0.05) is 39.5 Å². The maximum Gasteiger partial charge on any atom is 0.261 e. The zero-order chi connectivity index (χ0) is 18.2. The fourth-order valence-corrected chi connectivity index (χ4v) is 2.71. The number of carbonyl (C=O) groups is 1. The van der Waals surface area contributed by atoms with Crippen LogP contribution >= 0.6 is 0 Å². The number of carbonyl (C=O) groups excluding carboxylic acids is 1. The van der Waals surface area contributed by atoms with Crippen LogP contribution in [-0.4, -0.2) is 22.0 Å². The van der Waals surface area contributed by atoms with Crippen LogP contribution in [0.1, 0.15) is 46.0 Å². The largest absolute Gasteiger partial charge is 0.355 e. The normalized spacial score (nSPS) is 11.2. The number of halogens is 1. The average molecular weight is 347 g/mol. The molecule has 5 nitrogen and oxygen atoms in total. The zero-order valence-electron chi connectivity index (χ0n) is 14.9. The summed E-state index contributed by atoms with van der Waals surface area (Å²) in [5.41, 5.74) is 0.0118. The lowest BCUT2D eigenvalue weighted by Gasteiger charge is -2.08. The van der Waals surface area contributed by atoms with E-state index in [1.54, 1.807) is 0 Å². The highest BCUT2D eigenvalue weighted by Crippen LogP contribution is 2.09. The zero-order valence-corrected chi connectivity index (χ0v) is 14.9. The molecule has 0 bridgehead atoms. The number of fused-ring (bicyclic) bond motifs is 1. The topological polar surface area (TPSA) is 64.0 Å². The van der Waals surface area contributed by atoms with Gasteiger partial charge in [0.15, 0.2) is 0 Å². The van der Waals surface area contributed by atoms with Crippen molar-refractivity contribution < 1.29 is 9.18 Å². The molecule has 6 heteroatoms. The summed E-state index contributed by atoms with van der Waals surface area (Å²) in [6.07, 6.45) is 6.98. The van der Waals surface area contributed by atoms with Crippen molar-refractivity contribution in [3.05, 3.63) is 40.7 Å². The summed E-state index contributed by atoms with van der Waals surface area (Å²) in [7, 11) is 0. The van der Waals surface area contributed by atoms with Crippen molar-refractivity contribution in [2.45, 2.75) is 52.5 Å². The number of benzene rings is 1. The van der Waals surface area contributed by atoms with Crippen LogP contribution < -0.4 is 10.9 Å². The molecule has 0 saturated carbocycles. The number of hydrogen-bond donors (Lipinski definition) is 1. The van der Waals surface area contributed by atoms with E-state index in [0.717, 1.165) is 24.8 Å². The van der Waals surface area contributed by atoms with E-state index in [1.165, 1.54) is 42.3 Å². The summed E-state index contributed by atoms with van der Waals surface area (Å²) in [5, 5.41) is 3.00. The fourth-order valence-electron chi connectivity index (χ4n) is 2.71. The molecule has 0 aliphatic heterocycles. The van der Waals surface area contributed by atoms with Gasteiger partial charge in [-0.15, -0.1) is 0 Å². The molecule has 1 aromatic heterocycles. The monoisotopic (exact) mass is 347 g/mol. The van der Waals surface area contributed by atoms with Crippen molar-refractivity contribution in [1.82, 2.24) is 14.9 Å². The standard InChI is InChI=1S/C19H26FN3O2/c1-14(2)7-5-3-4-6-10-21-18(24)12-23-13-22-17-9-8-15(20)11-16(17)19(23)25/h8-9,11,13-14H,3-7,10,12H2,1-2H3,(H,21,24). The summed E-state index contributed by atoms with van der Waals surface area (Å²) in [4.78, 5) is 28.4. The van der Waals surface area contributed by atoms with Crippen LogP contribution in [-0.2, 0) is 11.3 Å². The van der Waals surface area contributed by atoms with Gasteiger partial charge in [0.2, 0.25) is 5.91 Å². The molecule has 0 aliphatic carbocycles. The Bertz CT molecular complexity index is 771. The lowest BCUT2D eigenvalue weighted by Crippen LogP contribution is -2.33. The maximum atomic E-state index is 13.3. The van der Waals surface area contributed by atoms with Crippen LogP contribution in [0.3, 0.4) is 0 Å². The summed E-state index contributed by atoms with van der Waals surface area (Å²) in [5.74, 6) is 0.00922. The molecule has 1 heterocycles. The minimum atomic E-state index is -0.494. The Labute approximate surface area is 147 Å². The van der Waals surface area contributed by atoms with Gasteiger partial charge < -0.3 is 5.32 Å². The van der Waals surface area contributed by atoms with Gasteiger partial charge in [-0.25, -0.2) is 9.37 Å². The molecular formula is C19H26FN3O2. The quantitative estimate of drug-likeness (QED) is 0.708. The molecule has 2 aromatic rings. The Hall–Kier alpha value is -2.24. The average Bonchev–Trinajstić information content (AvgIpc) is 2.57. The molecule has 1 N–H and O–H groups in total. The molecule has 0 radical (unpaired) electrons. The van der Waals surface area contributed by atoms with Gasteiger partial charge in [0.1, 0.15) is 12.4 Å². The van der Waals surface area contributed by atoms with Gasteiger partial charge in [0, 0.05) is 6.54 Å². The number of hydrogen-bond acceptors (Lipinski definition) is 3. The highest BCUT2D eigenvalue weighted by molar-refractivity contribution is 5.78. The SMILES string of the molecule is CC(C)CCCCCCNC(=O)Cn1cnc2ccc(F)cc2c1=O. The van der Waals surface area contributed by atoms with Gasteiger partial charge in [0.05, 0.1) is 17.2 Å². The predicted molar refractivity (Wildman–Crippen MR) is 96.9 cm³/mol. The molecule has 1 amide bonds. The minimum Gasteiger partial charge on any atom is -0.355 e. The third-order valence-corrected chi connectivity index (χ3v) is 4.13. The van der Waals surface area contributed by atoms with Crippen molar-refractivity contribution in [3.63, 3.8) is 0 Å². The highest BCUT2D eigenvalue weighted by atomic mass is 19.1. The van der Waals surface area contributed by atoms with Gasteiger partial charge in [-0.3, -0.25) is 14.2 Å². The van der Waals surface area contributed by atoms with Crippen molar-refractivity contribution in [2.24, 2.45) is 5.92 Å². The van der Waals surface area contributed by atoms with Crippen molar-refractivity contribution >= 4 is 16.8 Å². The molecule has 0 spiro atoms. The Kier molecular flexibility index (Phi) is 7.10. The van der Waals surface area contributed by atoms with Gasteiger partial charge >= 0.3 is 0 Å². The number of amides is 1. The van der Waals surface area contributed by atoms with E-state index in [-0.39, 0.29) is 17.8 Å². The van der Waals surface area contributed by atoms with Crippen LogP contribution in [0.25, 0.3) is 10.9 Å². The van der Waals surface area contributed by atoms with Crippen molar-refractivity contribution in [3.8, 4) is 0 Å². The van der Waals surface area contributed by atoms with Gasteiger partial charge in [-0.05, 0) is 30.5 Å². The van der Waals surface area contributed by atoms with E-state index in [9.17, 15) is 14.0 Å². The second kappa shape index (κ2) is 9.30. The molecule has 0 unspecified atom stereocenters. The molecule has 25 heavy (non-hydrogen) atoms. The molecule has 2 rings (SSSR count). The van der Waals surface area contributed by atoms with E-state index in [2.05, 4.69) is 24.1 Å². The predicted octanol–water partition coefficient (Wildman–Crippen LogP) is 3.26. The summed E-state index contributed by atoms with van der Waals surface area (Å²) < 4.78 is 14.5. The van der Waals surface area contributed by atoms with E-state index in [4.69, 9.17) is 0 Å². The Morgan fingerprint density at radius 2 is 2.00 bits per heavy atom. The van der Waals surface area contributed by atoms with E-state index in [0.29, 0.717) is 12.1 Å². The molecule has 0 aliphatic rings.